The number of rotatable bonds is 6. The number of carbonyl (C=O) groups is 1. The molecule has 23 heavy (non-hydrogen) atoms. The fourth-order valence-electron chi connectivity index (χ4n) is 2.05. The van der Waals surface area contributed by atoms with Crippen LogP contribution in [0.15, 0.2) is 42.5 Å². The van der Waals surface area contributed by atoms with Crippen molar-refractivity contribution in [3.05, 3.63) is 42.5 Å². The SMILES string of the molecule is CC(C)OC(=O)[C@H](C)NP(=O)(Cl)Oc1cccc2ccccc12. The first-order valence-corrected chi connectivity index (χ1v) is 9.77. The molecular formula is C16H19ClNO4P. The third kappa shape index (κ3) is 4.96. The first-order valence-electron chi connectivity index (χ1n) is 7.24. The van der Waals surface area contributed by atoms with Crippen LogP contribution in [0.2, 0.25) is 0 Å². The maximum Gasteiger partial charge on any atom is 0.409 e. The summed E-state index contributed by atoms with van der Waals surface area (Å²) in [6.45, 7) is 1.24. The zero-order valence-corrected chi connectivity index (χ0v) is 14.8. The molecule has 0 radical (unpaired) electrons. The largest absolute Gasteiger partial charge is 0.462 e. The summed E-state index contributed by atoms with van der Waals surface area (Å²) in [6, 6.07) is 12.0. The number of halogens is 1. The van der Waals surface area contributed by atoms with Crippen molar-refractivity contribution in [2.75, 3.05) is 0 Å². The van der Waals surface area contributed by atoms with Gasteiger partial charge >= 0.3 is 12.8 Å². The molecular weight excluding hydrogens is 337 g/mol. The second-order valence-corrected chi connectivity index (χ2v) is 8.12. The van der Waals surface area contributed by atoms with Crippen LogP contribution in [0, 0.1) is 0 Å². The maximum absolute atomic E-state index is 12.5. The molecule has 2 aromatic carbocycles. The van der Waals surface area contributed by atoms with Gasteiger partial charge in [-0.1, -0.05) is 36.4 Å². The number of fused-ring (bicyclic) bond motifs is 1. The van der Waals surface area contributed by atoms with E-state index < -0.39 is 18.9 Å². The second-order valence-electron chi connectivity index (χ2n) is 5.38. The average molecular weight is 356 g/mol. The Morgan fingerprint density at radius 2 is 1.78 bits per heavy atom. The summed E-state index contributed by atoms with van der Waals surface area (Å²) >= 11 is 5.96. The number of hydrogen-bond donors (Lipinski definition) is 1. The first kappa shape index (κ1) is 17.8. The summed E-state index contributed by atoms with van der Waals surface area (Å²) in [6.07, 6.45) is -0.263. The molecule has 0 fully saturated rings. The quantitative estimate of drug-likeness (QED) is 0.610. The highest BCUT2D eigenvalue weighted by molar-refractivity contribution is 7.84. The lowest BCUT2D eigenvalue weighted by Crippen LogP contribution is -2.34. The third-order valence-corrected chi connectivity index (χ3v) is 4.65. The Balaban J connectivity index is 2.14. The lowest BCUT2D eigenvalue weighted by Gasteiger charge is -2.19. The summed E-state index contributed by atoms with van der Waals surface area (Å²) < 4.78 is 22.9. The van der Waals surface area contributed by atoms with E-state index in [1.807, 2.05) is 30.3 Å². The monoisotopic (exact) mass is 355 g/mol. The van der Waals surface area contributed by atoms with Crippen molar-refractivity contribution in [2.24, 2.45) is 0 Å². The van der Waals surface area contributed by atoms with Crippen LogP contribution in [0.4, 0.5) is 0 Å². The van der Waals surface area contributed by atoms with Gasteiger partial charge in [-0.25, -0.2) is 9.65 Å². The van der Waals surface area contributed by atoms with Crippen LogP contribution in [0.3, 0.4) is 0 Å². The van der Waals surface area contributed by atoms with Crippen molar-refractivity contribution < 1.29 is 18.6 Å². The summed E-state index contributed by atoms with van der Waals surface area (Å²) in [5, 5.41) is 4.22. The Morgan fingerprint density at radius 1 is 1.13 bits per heavy atom. The maximum atomic E-state index is 12.5. The van der Waals surface area contributed by atoms with Gasteiger partial charge in [0, 0.05) is 16.6 Å². The third-order valence-electron chi connectivity index (χ3n) is 3.02. The van der Waals surface area contributed by atoms with Crippen molar-refractivity contribution in [1.29, 1.82) is 0 Å². The first-order chi connectivity index (χ1) is 10.8. The standard InChI is InChI=1S/C16H19ClNO4P/c1-11(2)21-16(19)12(3)18-23(17,20)22-15-10-6-8-13-7-4-5-9-14(13)15/h4-12H,1-3H3,(H,18,20)/t12-,23?/m0/s1. The van der Waals surface area contributed by atoms with E-state index in [4.69, 9.17) is 20.5 Å². The van der Waals surface area contributed by atoms with Gasteiger partial charge in [0.15, 0.2) is 0 Å². The molecule has 124 valence electrons. The number of ether oxygens (including phenoxy) is 1. The Kier molecular flexibility index (Phi) is 5.69. The van der Waals surface area contributed by atoms with Crippen molar-refractivity contribution in [3.63, 3.8) is 0 Å². The summed E-state index contributed by atoms with van der Waals surface area (Å²) in [5.41, 5.74) is 0. The van der Waals surface area contributed by atoms with Crippen LogP contribution in [0.1, 0.15) is 20.8 Å². The average Bonchev–Trinajstić information content (AvgIpc) is 2.46. The van der Waals surface area contributed by atoms with Crippen LogP contribution in [0.25, 0.3) is 10.8 Å². The highest BCUT2D eigenvalue weighted by Gasteiger charge is 2.28. The van der Waals surface area contributed by atoms with Gasteiger partial charge < -0.3 is 9.26 Å². The zero-order chi connectivity index (χ0) is 17.0. The van der Waals surface area contributed by atoms with Gasteiger partial charge in [0.1, 0.15) is 11.8 Å². The van der Waals surface area contributed by atoms with Gasteiger partial charge in [-0.05, 0) is 32.2 Å². The molecule has 0 bridgehead atoms. The van der Waals surface area contributed by atoms with Crippen LogP contribution >= 0.6 is 18.1 Å². The second kappa shape index (κ2) is 7.35. The lowest BCUT2D eigenvalue weighted by atomic mass is 10.1. The van der Waals surface area contributed by atoms with Crippen molar-refractivity contribution in [3.8, 4) is 5.75 Å². The Hall–Kier alpha value is -1.55. The zero-order valence-electron chi connectivity index (χ0n) is 13.2. The molecule has 0 aliphatic rings. The molecule has 0 aromatic heterocycles. The molecule has 1 unspecified atom stereocenters. The molecule has 0 heterocycles. The van der Waals surface area contributed by atoms with Gasteiger partial charge in [0.2, 0.25) is 0 Å². The number of esters is 1. The Bertz CT molecular complexity index is 744. The molecule has 5 nitrogen and oxygen atoms in total. The van der Waals surface area contributed by atoms with E-state index in [9.17, 15) is 9.36 Å². The fourth-order valence-corrected chi connectivity index (χ4v) is 3.74. The van der Waals surface area contributed by atoms with E-state index in [1.165, 1.54) is 6.92 Å². The number of benzene rings is 2. The van der Waals surface area contributed by atoms with Gasteiger partial charge in [-0.3, -0.25) is 4.79 Å². The van der Waals surface area contributed by atoms with E-state index in [1.54, 1.807) is 26.0 Å². The lowest BCUT2D eigenvalue weighted by molar-refractivity contribution is -0.148. The van der Waals surface area contributed by atoms with Crippen LogP contribution in [-0.2, 0) is 14.1 Å². The molecule has 7 heteroatoms. The van der Waals surface area contributed by atoms with Gasteiger partial charge in [-0.15, -0.1) is 0 Å². The smallest absolute Gasteiger partial charge is 0.409 e. The van der Waals surface area contributed by atoms with E-state index in [2.05, 4.69) is 5.09 Å². The Labute approximate surface area is 140 Å². The molecule has 0 amide bonds. The minimum absolute atomic E-state index is 0.263. The van der Waals surface area contributed by atoms with E-state index in [0.29, 0.717) is 5.75 Å². The molecule has 0 aliphatic carbocycles. The van der Waals surface area contributed by atoms with E-state index in [0.717, 1.165) is 10.8 Å². The molecule has 0 saturated carbocycles. The predicted octanol–water partition coefficient (Wildman–Crippen LogP) is 4.50. The van der Waals surface area contributed by atoms with E-state index >= 15 is 0 Å². The van der Waals surface area contributed by atoms with Gasteiger partial charge in [-0.2, -0.15) is 0 Å². The van der Waals surface area contributed by atoms with Gasteiger partial charge in [0.05, 0.1) is 6.10 Å². The van der Waals surface area contributed by atoms with Crippen molar-refractivity contribution in [1.82, 2.24) is 5.09 Å². The highest BCUT2D eigenvalue weighted by Crippen LogP contribution is 2.50. The minimum Gasteiger partial charge on any atom is -0.462 e. The molecule has 2 aromatic rings. The number of hydrogen-bond acceptors (Lipinski definition) is 4. The summed E-state index contributed by atoms with van der Waals surface area (Å²) in [4.78, 5) is 11.8. The molecule has 0 aliphatic heterocycles. The summed E-state index contributed by atoms with van der Waals surface area (Å²) in [5.74, 6) is -0.152. The Morgan fingerprint density at radius 3 is 2.48 bits per heavy atom. The molecule has 1 N–H and O–H groups in total. The van der Waals surface area contributed by atoms with E-state index in [-0.39, 0.29) is 6.10 Å². The molecule has 2 atom stereocenters. The topological polar surface area (TPSA) is 64.6 Å². The number of nitrogens with one attached hydrogen (secondary N) is 1. The predicted molar refractivity (Wildman–Crippen MR) is 91.9 cm³/mol. The van der Waals surface area contributed by atoms with Crippen molar-refractivity contribution in [2.45, 2.75) is 32.9 Å². The summed E-state index contributed by atoms with van der Waals surface area (Å²) in [7, 11) is 0. The van der Waals surface area contributed by atoms with Crippen LogP contribution in [-0.4, -0.2) is 18.1 Å². The molecule has 0 saturated heterocycles. The van der Waals surface area contributed by atoms with Crippen LogP contribution < -0.4 is 9.61 Å². The van der Waals surface area contributed by atoms with Crippen molar-refractivity contribution >= 4 is 34.9 Å². The number of carbonyl (C=O) groups excluding carboxylic acids is 1. The molecule has 0 spiro atoms. The van der Waals surface area contributed by atoms with Crippen LogP contribution in [0.5, 0.6) is 5.75 Å². The van der Waals surface area contributed by atoms with Gasteiger partial charge in [0.25, 0.3) is 0 Å². The fraction of sp³-hybridized carbons (Fsp3) is 0.312. The normalized spacial score (nSPS) is 15.2. The minimum atomic E-state index is -3.75. The highest BCUT2D eigenvalue weighted by atomic mass is 35.7. The molecule has 2 rings (SSSR count).